The van der Waals surface area contributed by atoms with Crippen molar-refractivity contribution in [2.45, 2.75) is 6.42 Å². The van der Waals surface area contributed by atoms with E-state index in [-0.39, 0.29) is 0 Å². The average Bonchev–Trinajstić information content (AvgIpc) is 2.54. The second-order valence-corrected chi connectivity index (χ2v) is 5.53. The molecule has 0 radical (unpaired) electrons. The minimum absolute atomic E-state index is 0.448. The molecule has 0 unspecified atom stereocenters. The van der Waals surface area contributed by atoms with E-state index < -0.39 is 33.4 Å². The Kier molecular flexibility index (Phi) is 5.65. The molecule has 0 saturated carbocycles. The Morgan fingerprint density at radius 3 is 1.74 bits per heavy atom. The van der Waals surface area contributed by atoms with Crippen LogP contribution in [-0.2, 0) is 19.9 Å². The Morgan fingerprint density at radius 1 is 0.783 bits per heavy atom. The van der Waals surface area contributed by atoms with Crippen molar-refractivity contribution in [3.05, 3.63) is 60.7 Å². The lowest BCUT2D eigenvalue weighted by atomic mass is 10.2. The molecule has 2 aromatic rings. The number of anilines is 2. The van der Waals surface area contributed by atoms with Crippen LogP contribution in [0.1, 0.15) is 6.42 Å². The quantitative estimate of drug-likeness (QED) is 0.816. The highest BCUT2D eigenvalue weighted by Crippen LogP contribution is 2.07. The minimum atomic E-state index is -2.79. The maximum absolute atomic E-state index is 12.0. The molecule has 2 amide bonds. The first-order valence-electron chi connectivity index (χ1n) is 6.72. The first-order chi connectivity index (χ1) is 11.1. The van der Waals surface area contributed by atoms with Gasteiger partial charge in [-0.05, 0) is 24.3 Å². The van der Waals surface area contributed by atoms with E-state index in [4.69, 9.17) is 0 Å². The Balaban J connectivity index is 2.06. The van der Waals surface area contributed by atoms with Gasteiger partial charge in [0, 0.05) is 11.4 Å². The van der Waals surface area contributed by atoms with Crippen LogP contribution in [0.25, 0.3) is 0 Å². The van der Waals surface area contributed by atoms with E-state index >= 15 is 0 Å². The van der Waals surface area contributed by atoms with Crippen molar-refractivity contribution in [3.8, 4) is 0 Å². The third-order valence-electron chi connectivity index (χ3n) is 2.86. The zero-order valence-electron chi connectivity index (χ0n) is 12.0. The summed E-state index contributed by atoms with van der Waals surface area (Å²) in [4.78, 5) is 23.4. The van der Waals surface area contributed by atoms with E-state index in [1.165, 1.54) is 0 Å². The maximum Gasteiger partial charge on any atom is 0.267 e. The normalized spacial score (nSPS) is 9.74. The van der Waals surface area contributed by atoms with Gasteiger partial charge >= 0.3 is 0 Å². The molecule has 2 aromatic carbocycles. The first-order valence-corrected chi connectivity index (χ1v) is 7.80. The lowest BCUT2D eigenvalue weighted by Crippen LogP contribution is -2.28. The molecule has 0 heterocycles. The monoisotopic (exact) mass is 330 g/mol. The van der Waals surface area contributed by atoms with Crippen LogP contribution in [0.2, 0.25) is 0 Å². The van der Waals surface area contributed by atoms with Crippen LogP contribution < -0.4 is 10.6 Å². The zero-order chi connectivity index (χ0) is 16.7. The molecule has 0 saturated heterocycles. The molecule has 6 nitrogen and oxygen atoms in total. The number of carbonyl (C=O) groups excluding carboxylic acids is 2. The second-order valence-electron chi connectivity index (χ2n) is 4.57. The fourth-order valence-electron chi connectivity index (χ4n) is 1.81. The van der Waals surface area contributed by atoms with E-state index in [0.717, 1.165) is 0 Å². The Labute approximate surface area is 134 Å². The summed E-state index contributed by atoms with van der Waals surface area (Å²) in [6.45, 7) is 0. The first kappa shape index (κ1) is 16.4. The smallest absolute Gasteiger partial charge is 0.267 e. The van der Waals surface area contributed by atoms with Crippen LogP contribution in [-0.4, -0.2) is 25.1 Å². The molecule has 7 heteroatoms. The van der Waals surface area contributed by atoms with Crippen molar-refractivity contribution in [3.63, 3.8) is 0 Å². The van der Waals surface area contributed by atoms with Gasteiger partial charge in [-0.2, -0.15) is 8.42 Å². The van der Waals surface area contributed by atoms with Crippen molar-refractivity contribution in [2.24, 2.45) is 0 Å². The molecule has 118 valence electrons. The summed E-state index contributed by atoms with van der Waals surface area (Å²) in [7, 11) is -2.79. The number of benzene rings is 2. The summed E-state index contributed by atoms with van der Waals surface area (Å²) in [6, 6.07) is 17.0. The van der Waals surface area contributed by atoms with E-state index in [1.807, 2.05) is 0 Å². The zero-order valence-corrected chi connectivity index (χ0v) is 12.8. The second kappa shape index (κ2) is 7.90. The van der Waals surface area contributed by atoms with Crippen molar-refractivity contribution in [2.75, 3.05) is 10.6 Å². The Hall–Kier alpha value is -2.93. The van der Waals surface area contributed by atoms with Crippen LogP contribution in [0.5, 0.6) is 0 Å². The molecule has 2 N–H and O–H groups in total. The Bertz CT molecular complexity index is 823. The third kappa shape index (κ3) is 5.08. The van der Waals surface area contributed by atoms with Gasteiger partial charge in [-0.1, -0.05) is 36.4 Å². The summed E-state index contributed by atoms with van der Waals surface area (Å²) in [5.41, 5.74) is 0.973. The maximum atomic E-state index is 12.0. The summed E-state index contributed by atoms with van der Waals surface area (Å²) < 4.78 is 22.5. The molecule has 2 rings (SSSR count). The van der Waals surface area contributed by atoms with Crippen molar-refractivity contribution in [1.29, 1.82) is 0 Å². The molecule has 0 aliphatic heterocycles. The standard InChI is InChI=1S/C16H14N2O4S/c19-15(17-12-7-3-1-4-8-12)11-14(23(21)22)16(20)18-13-9-5-2-6-10-13/h1-10H,11H2,(H,17,19)(H,18,20). The highest BCUT2D eigenvalue weighted by atomic mass is 32.2. The minimum Gasteiger partial charge on any atom is -0.326 e. The Morgan fingerprint density at radius 2 is 1.26 bits per heavy atom. The SMILES string of the molecule is O=C(CC(C(=O)Nc1ccccc1)=S(=O)=O)Nc1ccccc1. The molecule has 0 aromatic heterocycles. The predicted octanol–water partition coefficient (Wildman–Crippen LogP) is 1.71. The average molecular weight is 330 g/mol. The lowest BCUT2D eigenvalue weighted by Gasteiger charge is -2.07. The van der Waals surface area contributed by atoms with E-state index in [9.17, 15) is 18.0 Å². The molecule has 0 bridgehead atoms. The van der Waals surface area contributed by atoms with Gasteiger partial charge < -0.3 is 10.6 Å². The van der Waals surface area contributed by atoms with Gasteiger partial charge in [0.1, 0.15) is 4.86 Å². The largest absolute Gasteiger partial charge is 0.326 e. The molecule has 0 aliphatic carbocycles. The predicted molar refractivity (Wildman–Crippen MR) is 88.7 cm³/mol. The number of nitrogens with one attached hydrogen (secondary N) is 2. The van der Waals surface area contributed by atoms with Gasteiger partial charge in [-0.25, -0.2) is 0 Å². The van der Waals surface area contributed by atoms with Crippen LogP contribution >= 0.6 is 0 Å². The highest BCUT2D eigenvalue weighted by molar-refractivity contribution is 7.75. The molecular weight excluding hydrogens is 316 g/mol. The molecular formula is C16H14N2O4S. The molecule has 0 spiro atoms. The number of para-hydroxylation sites is 2. The summed E-state index contributed by atoms with van der Waals surface area (Å²) in [6.07, 6.45) is -0.538. The topological polar surface area (TPSA) is 92.3 Å². The molecule has 0 fully saturated rings. The summed E-state index contributed by atoms with van der Waals surface area (Å²) in [5.74, 6) is -1.41. The molecule has 0 atom stereocenters. The summed E-state index contributed by atoms with van der Waals surface area (Å²) in [5, 5.41) is 4.98. The van der Waals surface area contributed by atoms with E-state index in [2.05, 4.69) is 10.6 Å². The van der Waals surface area contributed by atoms with Crippen LogP contribution in [0.3, 0.4) is 0 Å². The number of rotatable bonds is 5. The van der Waals surface area contributed by atoms with E-state index in [1.54, 1.807) is 60.7 Å². The van der Waals surface area contributed by atoms with Crippen LogP contribution in [0, 0.1) is 0 Å². The van der Waals surface area contributed by atoms with Crippen LogP contribution in [0.4, 0.5) is 11.4 Å². The molecule has 23 heavy (non-hydrogen) atoms. The van der Waals surface area contributed by atoms with E-state index in [0.29, 0.717) is 11.4 Å². The number of amides is 2. The van der Waals surface area contributed by atoms with Gasteiger partial charge in [0.05, 0.1) is 6.42 Å². The van der Waals surface area contributed by atoms with Crippen molar-refractivity contribution < 1.29 is 18.0 Å². The third-order valence-corrected chi connectivity index (χ3v) is 3.60. The lowest BCUT2D eigenvalue weighted by molar-refractivity contribution is -0.116. The highest BCUT2D eigenvalue weighted by Gasteiger charge is 2.18. The number of hydrogen-bond donors (Lipinski definition) is 2. The van der Waals surface area contributed by atoms with Crippen molar-refractivity contribution in [1.82, 2.24) is 0 Å². The van der Waals surface area contributed by atoms with Crippen LogP contribution in [0.15, 0.2) is 60.7 Å². The number of carbonyl (C=O) groups is 2. The fourth-order valence-corrected chi connectivity index (χ4v) is 2.26. The van der Waals surface area contributed by atoms with Gasteiger partial charge in [-0.15, -0.1) is 0 Å². The van der Waals surface area contributed by atoms with Crippen molar-refractivity contribution >= 4 is 38.3 Å². The van der Waals surface area contributed by atoms with Gasteiger partial charge in [-0.3, -0.25) is 9.59 Å². The fraction of sp³-hybridized carbons (Fsp3) is 0.0625. The van der Waals surface area contributed by atoms with Gasteiger partial charge in [0.2, 0.25) is 16.2 Å². The van der Waals surface area contributed by atoms with Gasteiger partial charge in [0.15, 0.2) is 0 Å². The van der Waals surface area contributed by atoms with Gasteiger partial charge in [0.25, 0.3) is 5.91 Å². The molecule has 0 aliphatic rings. The summed E-state index contributed by atoms with van der Waals surface area (Å²) >= 11 is 0. The number of hydrogen-bond acceptors (Lipinski definition) is 4.